The fourth-order valence-electron chi connectivity index (χ4n) is 2.90. The fraction of sp³-hybridized carbons (Fsp3) is 0.562. The molecule has 1 aliphatic rings. The second-order valence-corrected chi connectivity index (χ2v) is 5.59. The fourth-order valence-corrected chi connectivity index (χ4v) is 3.11. The highest BCUT2D eigenvalue weighted by atomic mass is 35.5. The zero-order chi connectivity index (χ0) is 14.7. The summed E-state index contributed by atoms with van der Waals surface area (Å²) in [6, 6.07) is 6.03. The first-order chi connectivity index (χ1) is 10.3. The summed E-state index contributed by atoms with van der Waals surface area (Å²) in [6.07, 6.45) is 3.76. The Kier molecular flexibility index (Phi) is 4.66. The zero-order valence-electron chi connectivity index (χ0n) is 12.3. The van der Waals surface area contributed by atoms with Gasteiger partial charge < -0.3 is 14.0 Å². The van der Waals surface area contributed by atoms with E-state index in [9.17, 15) is 0 Å². The molecule has 1 aromatic carbocycles. The third-order valence-electron chi connectivity index (χ3n) is 3.90. The van der Waals surface area contributed by atoms with Crippen molar-refractivity contribution in [3.63, 3.8) is 0 Å². The van der Waals surface area contributed by atoms with Gasteiger partial charge in [0, 0.05) is 6.61 Å². The SMILES string of the molecule is CCOc1cccc2c1nc(CCl)n2CC1CCCCO1. The first-order valence-corrected chi connectivity index (χ1v) is 8.15. The van der Waals surface area contributed by atoms with Crippen molar-refractivity contribution in [3.05, 3.63) is 24.0 Å². The standard InChI is InChI=1S/C16H21ClN2O2/c1-2-20-14-8-5-7-13-16(14)18-15(10-17)19(13)11-12-6-3-4-9-21-12/h5,7-8,12H,2-4,6,9-11H2,1H3. The molecule has 2 heterocycles. The van der Waals surface area contributed by atoms with E-state index in [0.29, 0.717) is 12.5 Å². The second-order valence-electron chi connectivity index (χ2n) is 5.32. The molecular formula is C16H21ClN2O2. The maximum atomic E-state index is 6.09. The van der Waals surface area contributed by atoms with Crippen molar-refractivity contribution in [1.82, 2.24) is 9.55 Å². The van der Waals surface area contributed by atoms with Crippen LogP contribution in [0, 0.1) is 0 Å². The number of rotatable bonds is 5. The van der Waals surface area contributed by atoms with E-state index >= 15 is 0 Å². The number of hydrogen-bond acceptors (Lipinski definition) is 3. The van der Waals surface area contributed by atoms with E-state index in [4.69, 9.17) is 21.1 Å². The van der Waals surface area contributed by atoms with Crippen LogP contribution in [-0.2, 0) is 17.2 Å². The number of nitrogens with zero attached hydrogens (tertiary/aromatic N) is 2. The molecule has 4 nitrogen and oxygen atoms in total. The molecule has 5 heteroatoms. The first-order valence-electron chi connectivity index (χ1n) is 7.62. The Labute approximate surface area is 130 Å². The Morgan fingerprint density at radius 3 is 3.05 bits per heavy atom. The van der Waals surface area contributed by atoms with Crippen LogP contribution in [0.2, 0.25) is 0 Å². The monoisotopic (exact) mass is 308 g/mol. The highest BCUT2D eigenvalue weighted by Crippen LogP contribution is 2.28. The molecule has 0 aliphatic carbocycles. The van der Waals surface area contributed by atoms with Crippen LogP contribution in [0.1, 0.15) is 32.0 Å². The summed E-state index contributed by atoms with van der Waals surface area (Å²) in [5.41, 5.74) is 1.97. The Morgan fingerprint density at radius 1 is 1.43 bits per heavy atom. The van der Waals surface area contributed by atoms with Gasteiger partial charge in [-0.2, -0.15) is 0 Å². The van der Waals surface area contributed by atoms with Crippen molar-refractivity contribution < 1.29 is 9.47 Å². The lowest BCUT2D eigenvalue weighted by Crippen LogP contribution is -2.25. The summed E-state index contributed by atoms with van der Waals surface area (Å²) in [4.78, 5) is 4.67. The molecule has 0 radical (unpaired) electrons. The van der Waals surface area contributed by atoms with Gasteiger partial charge in [0.15, 0.2) is 0 Å². The summed E-state index contributed by atoms with van der Waals surface area (Å²) >= 11 is 6.09. The molecule has 21 heavy (non-hydrogen) atoms. The van der Waals surface area contributed by atoms with Gasteiger partial charge in [-0.1, -0.05) is 6.07 Å². The predicted molar refractivity (Wildman–Crippen MR) is 84.1 cm³/mol. The highest BCUT2D eigenvalue weighted by Gasteiger charge is 2.19. The van der Waals surface area contributed by atoms with E-state index in [-0.39, 0.29) is 6.10 Å². The van der Waals surface area contributed by atoms with Gasteiger partial charge in [0.1, 0.15) is 17.1 Å². The van der Waals surface area contributed by atoms with Gasteiger partial charge in [0.25, 0.3) is 0 Å². The van der Waals surface area contributed by atoms with Crippen molar-refractivity contribution in [2.24, 2.45) is 0 Å². The molecule has 2 aromatic rings. The van der Waals surface area contributed by atoms with Crippen LogP contribution >= 0.6 is 11.6 Å². The quantitative estimate of drug-likeness (QED) is 0.789. The number of fused-ring (bicyclic) bond motifs is 1. The Balaban J connectivity index is 1.97. The molecule has 0 bridgehead atoms. The number of halogens is 1. The minimum Gasteiger partial charge on any atom is -0.492 e. The van der Waals surface area contributed by atoms with Crippen LogP contribution in [0.5, 0.6) is 5.75 Å². The number of ether oxygens (including phenoxy) is 2. The second kappa shape index (κ2) is 6.67. The molecule has 1 atom stereocenters. The minimum absolute atomic E-state index is 0.258. The van der Waals surface area contributed by atoms with E-state index in [1.54, 1.807) is 0 Å². The molecular weight excluding hydrogens is 288 g/mol. The van der Waals surface area contributed by atoms with Crippen LogP contribution in [0.15, 0.2) is 18.2 Å². The molecule has 1 aliphatic heterocycles. The van der Waals surface area contributed by atoms with E-state index in [1.165, 1.54) is 6.42 Å². The maximum Gasteiger partial charge on any atom is 0.147 e. The Morgan fingerprint density at radius 2 is 2.33 bits per heavy atom. The van der Waals surface area contributed by atoms with Gasteiger partial charge in [-0.3, -0.25) is 0 Å². The summed E-state index contributed by atoms with van der Waals surface area (Å²) < 4.78 is 13.7. The molecule has 1 fully saturated rings. The Hall–Kier alpha value is -1.26. The third-order valence-corrected chi connectivity index (χ3v) is 4.14. The zero-order valence-corrected chi connectivity index (χ0v) is 13.1. The lowest BCUT2D eigenvalue weighted by Gasteiger charge is -2.23. The van der Waals surface area contributed by atoms with Gasteiger partial charge in [-0.05, 0) is 38.3 Å². The summed E-state index contributed by atoms with van der Waals surface area (Å²) in [5, 5.41) is 0. The lowest BCUT2D eigenvalue weighted by molar-refractivity contribution is 0.00627. The molecule has 0 saturated carbocycles. The smallest absolute Gasteiger partial charge is 0.147 e. The van der Waals surface area contributed by atoms with Gasteiger partial charge in [-0.25, -0.2) is 4.98 Å². The number of benzene rings is 1. The first kappa shape index (κ1) is 14.7. The molecule has 0 amide bonds. The molecule has 1 saturated heterocycles. The van der Waals surface area contributed by atoms with Crippen LogP contribution in [0.25, 0.3) is 11.0 Å². The van der Waals surface area contributed by atoms with Crippen LogP contribution in [-0.4, -0.2) is 28.9 Å². The largest absolute Gasteiger partial charge is 0.492 e. The van der Waals surface area contributed by atoms with Crippen molar-refractivity contribution in [2.45, 2.75) is 44.7 Å². The van der Waals surface area contributed by atoms with Gasteiger partial charge in [0.2, 0.25) is 0 Å². The number of imidazole rings is 1. The topological polar surface area (TPSA) is 36.3 Å². The number of alkyl halides is 1. The van der Waals surface area contributed by atoms with Gasteiger partial charge in [-0.15, -0.1) is 11.6 Å². The molecule has 0 N–H and O–H groups in total. The van der Waals surface area contributed by atoms with Crippen molar-refractivity contribution in [1.29, 1.82) is 0 Å². The molecule has 3 rings (SSSR count). The van der Waals surface area contributed by atoms with Crippen molar-refractivity contribution >= 4 is 22.6 Å². The van der Waals surface area contributed by atoms with E-state index in [0.717, 1.165) is 48.6 Å². The van der Waals surface area contributed by atoms with E-state index < -0.39 is 0 Å². The lowest BCUT2D eigenvalue weighted by atomic mass is 10.1. The van der Waals surface area contributed by atoms with Crippen LogP contribution in [0.4, 0.5) is 0 Å². The molecule has 1 unspecified atom stereocenters. The maximum absolute atomic E-state index is 6.09. The Bertz CT molecular complexity index is 606. The van der Waals surface area contributed by atoms with Gasteiger partial charge >= 0.3 is 0 Å². The average Bonchev–Trinajstić information content (AvgIpc) is 2.88. The van der Waals surface area contributed by atoms with Crippen LogP contribution in [0.3, 0.4) is 0 Å². The third kappa shape index (κ3) is 3.01. The van der Waals surface area contributed by atoms with Crippen molar-refractivity contribution in [2.75, 3.05) is 13.2 Å². The summed E-state index contributed by atoms with van der Waals surface area (Å²) in [7, 11) is 0. The number of aromatic nitrogens is 2. The molecule has 0 spiro atoms. The highest BCUT2D eigenvalue weighted by molar-refractivity contribution is 6.16. The molecule has 114 valence electrons. The van der Waals surface area contributed by atoms with Gasteiger partial charge in [0.05, 0.1) is 30.7 Å². The molecule has 1 aromatic heterocycles. The summed E-state index contributed by atoms with van der Waals surface area (Å²) in [5.74, 6) is 2.10. The number of hydrogen-bond donors (Lipinski definition) is 0. The van der Waals surface area contributed by atoms with E-state index in [1.807, 2.05) is 19.1 Å². The van der Waals surface area contributed by atoms with Crippen LogP contribution < -0.4 is 4.74 Å². The van der Waals surface area contributed by atoms with E-state index in [2.05, 4.69) is 15.6 Å². The van der Waals surface area contributed by atoms with Crippen molar-refractivity contribution in [3.8, 4) is 5.75 Å². The predicted octanol–water partition coefficient (Wildman–Crippen LogP) is 3.74. The summed E-state index contributed by atoms with van der Waals surface area (Å²) in [6.45, 7) is 4.29. The number of para-hydroxylation sites is 1. The average molecular weight is 309 g/mol. The minimum atomic E-state index is 0.258. The normalized spacial score (nSPS) is 19.0.